The number of nitrogens with zero attached hydrogens (tertiary/aromatic N) is 3. The molecule has 16 heteroatoms. The minimum absolute atomic E-state index is 0.00406. The highest BCUT2D eigenvalue weighted by atomic mass is 32.2. The summed E-state index contributed by atoms with van der Waals surface area (Å²) in [7, 11) is -1.91. The van der Waals surface area contributed by atoms with Gasteiger partial charge in [0.15, 0.2) is 18.5 Å². The van der Waals surface area contributed by atoms with Gasteiger partial charge in [0.1, 0.15) is 35.9 Å². The van der Waals surface area contributed by atoms with Crippen molar-refractivity contribution in [2.75, 3.05) is 33.5 Å². The zero-order valence-corrected chi connectivity index (χ0v) is 42.0. The van der Waals surface area contributed by atoms with Crippen molar-refractivity contribution in [1.82, 2.24) is 0 Å². The van der Waals surface area contributed by atoms with E-state index in [4.69, 9.17) is 42.3 Å². The summed E-state index contributed by atoms with van der Waals surface area (Å²) in [6.07, 6.45) is -4.32. The van der Waals surface area contributed by atoms with Gasteiger partial charge in [-0.1, -0.05) is 156 Å². The molecular weight excluding hydrogens is 879 g/mol. The molecule has 0 radical (unpaired) electrons. The summed E-state index contributed by atoms with van der Waals surface area (Å²) in [5.74, 6) is -1.33. The maximum Gasteiger partial charge on any atom is 0.337 e. The molecule has 0 bridgehead atoms. The minimum atomic E-state index is -3.19. The predicted octanol–water partition coefficient (Wildman–Crippen LogP) is 8.84. The van der Waals surface area contributed by atoms with Crippen LogP contribution in [0.5, 0.6) is 0 Å². The normalized spacial score (nSPS) is 25.7. The maximum atomic E-state index is 13.7. The van der Waals surface area contributed by atoms with Crippen LogP contribution in [0.3, 0.4) is 0 Å². The summed E-state index contributed by atoms with van der Waals surface area (Å²) in [6.45, 7) is 16.9. The zero-order chi connectivity index (χ0) is 47.7. The molecule has 362 valence electrons. The van der Waals surface area contributed by atoms with Crippen LogP contribution in [-0.4, -0.2) is 114 Å². The number of methoxy groups -OCH3 is 1. The van der Waals surface area contributed by atoms with Crippen LogP contribution >= 0.6 is 11.8 Å². The number of carbonyl (C=O) groups is 2. The Kier molecular flexibility index (Phi) is 21.0. The number of carbonyl (C=O) groups excluding carboxylic acids is 2. The van der Waals surface area contributed by atoms with E-state index in [-0.39, 0.29) is 13.2 Å². The number of unbranched alkanes of at least 4 members (excludes halogenated alkanes) is 3. The molecule has 2 aliphatic rings. The summed E-state index contributed by atoms with van der Waals surface area (Å²) in [4.78, 5) is 31.0. The van der Waals surface area contributed by atoms with Crippen LogP contribution in [0.4, 0.5) is 0 Å². The van der Waals surface area contributed by atoms with Gasteiger partial charge < -0.3 is 42.3 Å². The van der Waals surface area contributed by atoms with E-state index >= 15 is 0 Å². The lowest BCUT2D eigenvalue weighted by molar-refractivity contribution is -0.338. The predicted molar refractivity (Wildman–Crippen MR) is 257 cm³/mol. The first-order chi connectivity index (χ1) is 31.8. The first kappa shape index (κ1) is 53.2. The number of hydrogen-bond acceptors (Lipinski definition) is 13. The molecular formula is C50H71N3O11SSi. The molecule has 3 aromatic carbocycles. The number of hydrogen-bond donors (Lipinski definition) is 0. The molecule has 10 atom stereocenters. The van der Waals surface area contributed by atoms with Crippen molar-refractivity contribution in [2.45, 2.75) is 164 Å². The Balaban J connectivity index is 1.69. The third kappa shape index (κ3) is 13.5. The lowest BCUT2D eigenvalue weighted by Gasteiger charge is -2.50. The topological polar surface area (TPSA) is 166 Å². The summed E-state index contributed by atoms with van der Waals surface area (Å²) in [6, 6.07) is 27.7. The molecule has 0 aliphatic carbocycles. The van der Waals surface area contributed by atoms with E-state index < -0.39 is 85.8 Å². The number of benzene rings is 3. The number of thioether (sulfide) groups is 1. The largest absolute Gasteiger partial charge is 0.467 e. The summed E-state index contributed by atoms with van der Waals surface area (Å²) < 4.78 is 59.5. The van der Waals surface area contributed by atoms with E-state index in [0.717, 1.165) is 40.1 Å². The number of ether oxygens (including phenoxy) is 8. The van der Waals surface area contributed by atoms with Gasteiger partial charge >= 0.3 is 11.9 Å². The van der Waals surface area contributed by atoms with Crippen LogP contribution in [0, 0.1) is 6.92 Å². The first-order valence-electron chi connectivity index (χ1n) is 23.4. The second-order valence-electron chi connectivity index (χ2n) is 17.8. The second-order valence-corrected chi connectivity index (χ2v) is 23.3. The van der Waals surface area contributed by atoms with E-state index in [1.807, 2.05) is 81.4 Å². The van der Waals surface area contributed by atoms with Gasteiger partial charge in [0.05, 0.1) is 19.8 Å². The highest BCUT2D eigenvalue weighted by molar-refractivity contribution is 7.99. The van der Waals surface area contributed by atoms with Gasteiger partial charge in [-0.15, -0.1) is 0 Å². The summed E-state index contributed by atoms with van der Waals surface area (Å²) >= 11 is 1.42. The van der Waals surface area contributed by atoms with Gasteiger partial charge in [-0.25, -0.2) is 4.79 Å². The Hall–Kier alpha value is -3.80. The van der Waals surface area contributed by atoms with Gasteiger partial charge in [0, 0.05) is 36.6 Å². The van der Waals surface area contributed by atoms with Crippen molar-refractivity contribution in [3.05, 3.63) is 101 Å². The van der Waals surface area contributed by atoms with Gasteiger partial charge in [0.25, 0.3) is 8.32 Å². The number of rotatable bonds is 24. The summed E-state index contributed by atoms with van der Waals surface area (Å²) in [5.41, 5.74) is 10.5. The molecule has 0 aromatic heterocycles. The molecule has 2 heterocycles. The van der Waals surface area contributed by atoms with Crippen molar-refractivity contribution in [2.24, 2.45) is 5.11 Å². The Labute approximate surface area is 396 Å². The quantitative estimate of drug-likeness (QED) is 0.0210. The molecule has 14 nitrogen and oxygen atoms in total. The van der Waals surface area contributed by atoms with E-state index in [2.05, 4.69) is 62.0 Å². The third-order valence-corrected chi connectivity index (χ3v) is 18.1. The van der Waals surface area contributed by atoms with Crippen LogP contribution in [0.2, 0.25) is 5.04 Å². The lowest BCUT2D eigenvalue weighted by atomic mass is 9.95. The molecule has 0 N–H and O–H groups in total. The Morgan fingerprint density at radius 2 is 1.30 bits per heavy atom. The highest BCUT2D eigenvalue weighted by Crippen LogP contribution is 2.42. The van der Waals surface area contributed by atoms with Gasteiger partial charge in [-0.05, 0) is 59.3 Å². The molecule has 3 aromatic rings. The molecule has 66 heavy (non-hydrogen) atoms. The van der Waals surface area contributed by atoms with Gasteiger partial charge in [-0.3, -0.25) is 4.79 Å². The zero-order valence-electron chi connectivity index (χ0n) is 40.2. The molecule has 0 saturated carbocycles. The average Bonchev–Trinajstić information content (AvgIpc) is 3.30. The van der Waals surface area contributed by atoms with Crippen LogP contribution in [0.25, 0.3) is 10.4 Å². The summed E-state index contributed by atoms with van der Waals surface area (Å²) in [5, 5.41) is 6.10. The van der Waals surface area contributed by atoms with Crippen LogP contribution in [-0.2, 0) is 51.9 Å². The average molecular weight is 950 g/mol. The fourth-order valence-corrected chi connectivity index (χ4v) is 14.2. The maximum absolute atomic E-state index is 13.7. The smallest absolute Gasteiger partial charge is 0.337 e. The van der Waals surface area contributed by atoms with Crippen LogP contribution in [0.1, 0.15) is 92.6 Å². The van der Waals surface area contributed by atoms with Gasteiger partial charge in [0.2, 0.25) is 0 Å². The Morgan fingerprint density at radius 3 is 1.80 bits per heavy atom. The van der Waals surface area contributed by atoms with Crippen molar-refractivity contribution in [1.29, 1.82) is 0 Å². The van der Waals surface area contributed by atoms with Crippen molar-refractivity contribution in [3.63, 3.8) is 0 Å². The van der Waals surface area contributed by atoms with Crippen LogP contribution in [0.15, 0.2) is 94.9 Å². The molecule has 2 fully saturated rings. The number of aryl methyl sites for hydroxylation is 1. The minimum Gasteiger partial charge on any atom is -0.467 e. The first-order valence-corrected chi connectivity index (χ1v) is 26.2. The van der Waals surface area contributed by atoms with Crippen molar-refractivity contribution < 1.29 is 51.9 Å². The number of azide groups is 1. The van der Waals surface area contributed by atoms with Gasteiger partial charge in [-0.2, -0.15) is 0 Å². The van der Waals surface area contributed by atoms with Crippen molar-refractivity contribution in [3.8, 4) is 0 Å². The molecule has 2 aliphatic heterocycles. The lowest BCUT2D eigenvalue weighted by Crippen LogP contribution is -2.69. The van der Waals surface area contributed by atoms with Crippen molar-refractivity contribution >= 4 is 42.4 Å². The molecule has 0 amide bonds. The molecule has 2 saturated heterocycles. The fourth-order valence-electron chi connectivity index (χ4n) is 8.54. The SMILES string of the molecule is CCCCO[C@@H]1C(C(=O)OC)O[C@@H](O[C@@H]2C(CO[Si](c3ccccc3)(c3ccccc3)C(C)(C)C)O[C@H](Sc3ccc(C)cc3)C(N=[N+]=[N-])[C@H]2OCCCC)C(OC(C)=O)[C@H]1OCCCC. The Morgan fingerprint density at radius 1 is 0.758 bits per heavy atom. The number of esters is 2. The third-order valence-electron chi connectivity index (χ3n) is 11.9. The monoisotopic (exact) mass is 949 g/mol. The molecule has 0 spiro atoms. The fraction of sp³-hybridized carbons (Fsp3) is 0.600. The second kappa shape index (κ2) is 26.1. The Bertz CT molecular complexity index is 1930. The van der Waals surface area contributed by atoms with E-state index in [1.54, 1.807) is 0 Å². The van der Waals surface area contributed by atoms with E-state index in [9.17, 15) is 15.1 Å². The van der Waals surface area contributed by atoms with Crippen LogP contribution < -0.4 is 10.4 Å². The molecule has 5 rings (SSSR count). The standard InChI is InChI=1S/C50H71N3O11SSi/c1-10-13-30-57-42-40(52-53-51)49(65-36-28-26-34(4)27-29-36)62-39(33-60-66(50(6,7)8,37-22-18-16-19-23-37)38-24-20-17-21-25-38)41(42)63-48-46(61-35(5)54)44(59-32-15-12-3)43(58-31-14-11-2)45(64-48)47(55)56-9/h16-29,39-46,48-49H,10-15,30-33H2,1-9H3/t39?,40?,41-,42-,43+,44+,45?,46?,48-,49-/m1/s1. The van der Waals surface area contributed by atoms with E-state index in [0.29, 0.717) is 32.5 Å². The highest BCUT2D eigenvalue weighted by Gasteiger charge is 2.57. The van der Waals surface area contributed by atoms with E-state index in [1.165, 1.54) is 25.8 Å². The molecule has 4 unspecified atom stereocenters.